The molecule has 0 fully saturated rings. The summed E-state index contributed by atoms with van der Waals surface area (Å²) in [5.74, 6) is 2.83. The van der Waals surface area contributed by atoms with Crippen LogP contribution in [0.3, 0.4) is 0 Å². The van der Waals surface area contributed by atoms with Crippen molar-refractivity contribution in [2.75, 3.05) is 0 Å². The van der Waals surface area contributed by atoms with Gasteiger partial charge in [0, 0.05) is 0 Å². The Kier molecular flexibility index (Phi) is 2.97. The Morgan fingerprint density at radius 1 is 1.42 bits per heavy atom. The van der Waals surface area contributed by atoms with Gasteiger partial charge in [-0.15, -0.1) is 0 Å². The van der Waals surface area contributed by atoms with Gasteiger partial charge >= 0.3 is 80.1 Å². The van der Waals surface area contributed by atoms with E-state index < -0.39 is 0 Å². The number of hydrogen-bond acceptors (Lipinski definition) is 1. The van der Waals surface area contributed by atoms with Crippen LogP contribution in [0, 0.1) is 6.92 Å². The molecule has 0 aliphatic heterocycles. The van der Waals surface area contributed by atoms with Crippen molar-refractivity contribution < 1.29 is 0 Å². The van der Waals surface area contributed by atoms with Crippen LogP contribution in [0.25, 0.3) is 0 Å². The summed E-state index contributed by atoms with van der Waals surface area (Å²) < 4.78 is 3.31. The van der Waals surface area contributed by atoms with E-state index in [9.17, 15) is 0 Å². The van der Waals surface area contributed by atoms with Crippen molar-refractivity contribution in [1.29, 1.82) is 0 Å². The summed E-state index contributed by atoms with van der Waals surface area (Å²) in [6.45, 7) is 6.62. The molecule has 68 valence electrons. The average molecular weight is 231 g/mol. The van der Waals surface area contributed by atoms with Gasteiger partial charge in [0.2, 0.25) is 0 Å². The van der Waals surface area contributed by atoms with Crippen LogP contribution in [0.2, 0.25) is 5.82 Å². The molecule has 1 aromatic rings. The van der Waals surface area contributed by atoms with Gasteiger partial charge in [-0.25, -0.2) is 0 Å². The molecule has 0 unspecified atom stereocenters. The average Bonchev–Trinajstić information content (AvgIpc) is 2.28. The molecule has 1 rings (SSSR count). The Hall–Kier alpha value is -0.271. The molecule has 0 amide bonds. The summed E-state index contributed by atoms with van der Waals surface area (Å²) in [6.07, 6.45) is 0. The van der Waals surface area contributed by atoms with Gasteiger partial charge in [0.15, 0.2) is 0 Å². The van der Waals surface area contributed by atoms with Crippen LogP contribution in [0.4, 0.5) is 0 Å². The number of hydrogen-bond donors (Lipinski definition) is 0. The third kappa shape index (κ3) is 1.57. The number of aryl methyl sites for hydroxylation is 1. The zero-order chi connectivity index (χ0) is 9.30. The third-order valence-electron chi connectivity index (χ3n) is 2.12. The Balaban J connectivity index is 3.21. The summed E-state index contributed by atoms with van der Waals surface area (Å²) in [5, 5.41) is 4.49. The summed E-state index contributed by atoms with van der Waals surface area (Å²) in [7, 11) is 2.02. The molecule has 0 aromatic carbocycles. The summed E-state index contributed by atoms with van der Waals surface area (Å²) in [6, 6.07) is 0. The monoisotopic (exact) mass is 232 g/mol. The third-order valence-corrected chi connectivity index (χ3v) is 3.56. The maximum absolute atomic E-state index is 4.49. The number of rotatable bonds is 2. The molecule has 0 N–H and O–H groups in total. The molecule has 2 nitrogen and oxygen atoms in total. The molecule has 0 aliphatic carbocycles. The molecule has 0 saturated carbocycles. The van der Waals surface area contributed by atoms with Gasteiger partial charge in [-0.05, 0) is 0 Å². The van der Waals surface area contributed by atoms with E-state index in [2.05, 4.69) is 31.7 Å². The van der Waals surface area contributed by atoms with Gasteiger partial charge in [-0.2, -0.15) is 0 Å². The fourth-order valence-corrected chi connectivity index (χ4v) is 3.10. The van der Waals surface area contributed by atoms with E-state index in [0.717, 1.165) is 0 Å². The molecule has 12 heavy (non-hydrogen) atoms. The Morgan fingerprint density at radius 2 is 2.00 bits per heavy atom. The quantitative estimate of drug-likeness (QED) is 0.700. The number of aromatic nitrogens is 2. The van der Waals surface area contributed by atoms with E-state index in [-0.39, 0.29) is 0 Å². The van der Waals surface area contributed by atoms with Crippen LogP contribution >= 0.6 is 0 Å². The first-order chi connectivity index (χ1) is 5.57. The Bertz CT molecular complexity index is 276. The molecule has 3 heteroatoms. The van der Waals surface area contributed by atoms with E-state index >= 15 is 0 Å². The normalized spacial score (nSPS) is 11.2. The van der Waals surface area contributed by atoms with Crippen molar-refractivity contribution in [3.05, 3.63) is 11.3 Å². The summed E-state index contributed by atoms with van der Waals surface area (Å²) >= 11 is 0.519. The fraction of sp³-hybridized carbons (Fsp3) is 0.667. The van der Waals surface area contributed by atoms with Gasteiger partial charge in [-0.1, -0.05) is 0 Å². The van der Waals surface area contributed by atoms with Crippen molar-refractivity contribution in [3.63, 3.8) is 0 Å². The van der Waals surface area contributed by atoms with Crippen LogP contribution in [0.15, 0.2) is 0 Å². The minimum atomic E-state index is 0.519. The first-order valence-corrected chi connectivity index (χ1v) is 6.72. The van der Waals surface area contributed by atoms with Crippen LogP contribution in [-0.4, -0.2) is 24.7 Å². The van der Waals surface area contributed by atoms with Crippen LogP contribution in [0.5, 0.6) is 0 Å². The summed E-state index contributed by atoms with van der Waals surface area (Å²) in [5.41, 5.74) is 2.78. The van der Waals surface area contributed by atoms with Gasteiger partial charge in [0.25, 0.3) is 0 Å². The van der Waals surface area contributed by atoms with Crippen molar-refractivity contribution in [3.8, 4) is 0 Å². The molecule has 1 heterocycles. The standard InChI is InChI=1S/C9H16N2Se/c1-6(2)8-7(3)11(4)10-9(8)12-5/h6H,1-5H3. The predicted molar refractivity (Wildman–Crippen MR) is 53.3 cm³/mol. The van der Waals surface area contributed by atoms with Gasteiger partial charge in [0.1, 0.15) is 0 Å². The molecule has 0 radical (unpaired) electrons. The second kappa shape index (κ2) is 3.63. The molecule has 0 atom stereocenters. The van der Waals surface area contributed by atoms with Crippen molar-refractivity contribution in [2.24, 2.45) is 7.05 Å². The van der Waals surface area contributed by atoms with E-state index in [4.69, 9.17) is 0 Å². The Labute approximate surface area is 80.5 Å². The second-order valence-electron chi connectivity index (χ2n) is 3.29. The second-order valence-corrected chi connectivity index (χ2v) is 4.95. The van der Waals surface area contributed by atoms with Gasteiger partial charge in [-0.3, -0.25) is 0 Å². The molecule has 0 saturated heterocycles. The van der Waals surface area contributed by atoms with Crippen LogP contribution in [0.1, 0.15) is 31.0 Å². The van der Waals surface area contributed by atoms with E-state index in [1.165, 1.54) is 15.8 Å². The fourth-order valence-electron chi connectivity index (χ4n) is 1.41. The first kappa shape index (κ1) is 9.81. The predicted octanol–water partition coefficient (Wildman–Crippen LogP) is 1.23. The molecule has 1 aromatic heterocycles. The SMILES string of the molecule is C[Se]c1nn(C)c(C)c1C(C)C. The maximum atomic E-state index is 4.49. The summed E-state index contributed by atoms with van der Waals surface area (Å²) in [4.78, 5) is 0. The van der Waals surface area contributed by atoms with Crippen molar-refractivity contribution >= 4 is 19.5 Å². The zero-order valence-electron chi connectivity index (χ0n) is 8.38. The van der Waals surface area contributed by atoms with Crippen molar-refractivity contribution in [2.45, 2.75) is 32.5 Å². The van der Waals surface area contributed by atoms with Gasteiger partial charge < -0.3 is 0 Å². The minimum absolute atomic E-state index is 0.519. The first-order valence-electron chi connectivity index (χ1n) is 4.15. The topological polar surface area (TPSA) is 17.8 Å². The van der Waals surface area contributed by atoms with E-state index in [1.54, 1.807) is 0 Å². The zero-order valence-corrected chi connectivity index (χ0v) is 10.1. The Morgan fingerprint density at radius 3 is 2.33 bits per heavy atom. The van der Waals surface area contributed by atoms with E-state index in [0.29, 0.717) is 20.9 Å². The molecule has 0 bridgehead atoms. The molecule has 0 aliphatic rings. The van der Waals surface area contributed by atoms with Crippen molar-refractivity contribution in [1.82, 2.24) is 9.78 Å². The van der Waals surface area contributed by atoms with Crippen LogP contribution < -0.4 is 4.59 Å². The molecular weight excluding hydrogens is 215 g/mol. The van der Waals surface area contributed by atoms with Crippen LogP contribution in [-0.2, 0) is 7.05 Å². The van der Waals surface area contributed by atoms with E-state index in [1.807, 2.05) is 11.7 Å². The molecular formula is C9H16N2Se. The number of nitrogens with zero attached hydrogens (tertiary/aromatic N) is 2. The van der Waals surface area contributed by atoms with Gasteiger partial charge in [0.05, 0.1) is 0 Å². The molecule has 0 spiro atoms.